The number of benzene rings is 1. The van der Waals surface area contributed by atoms with Gasteiger partial charge in [0.15, 0.2) is 0 Å². The first-order valence-corrected chi connectivity index (χ1v) is 6.29. The molecule has 0 spiro atoms. The first kappa shape index (κ1) is 17.2. The van der Waals surface area contributed by atoms with E-state index in [4.69, 9.17) is 0 Å². The zero-order valence-corrected chi connectivity index (χ0v) is 12.3. The molecule has 116 valence electrons. The molecule has 1 aromatic carbocycles. The third kappa shape index (κ3) is 4.57. The number of carbonyl (C=O) groups is 2. The summed E-state index contributed by atoms with van der Waals surface area (Å²) >= 11 is 0. The zero-order valence-electron chi connectivity index (χ0n) is 11.4. The lowest BCUT2D eigenvalue weighted by Crippen LogP contribution is -2.35. The Bertz CT molecular complexity index is 521. The average Bonchev–Trinajstić information content (AvgIpc) is 2.96. The molecule has 0 aliphatic carbocycles. The highest BCUT2D eigenvalue weighted by atomic mass is 35.5. The van der Waals surface area contributed by atoms with Crippen molar-refractivity contribution in [2.75, 3.05) is 24.3 Å². The normalized spacial score (nSPS) is 16.8. The van der Waals surface area contributed by atoms with Crippen LogP contribution in [-0.2, 0) is 9.53 Å². The lowest BCUT2D eigenvalue weighted by Gasteiger charge is -2.12. The minimum Gasteiger partial charge on any atom is -0.453 e. The van der Waals surface area contributed by atoms with Crippen molar-refractivity contribution in [1.29, 1.82) is 0 Å². The zero-order chi connectivity index (χ0) is 14.5. The Kier molecular flexibility index (Phi) is 6.39. The van der Waals surface area contributed by atoms with Gasteiger partial charge in [-0.05, 0) is 37.6 Å². The second kappa shape index (κ2) is 7.80. The Morgan fingerprint density at radius 3 is 2.76 bits per heavy atom. The summed E-state index contributed by atoms with van der Waals surface area (Å²) in [7, 11) is 1.19. The molecule has 1 aromatic rings. The highest BCUT2D eigenvalue weighted by molar-refractivity contribution is 5.96. The molecule has 1 aliphatic rings. The van der Waals surface area contributed by atoms with Crippen LogP contribution < -0.4 is 16.0 Å². The number of ether oxygens (including phenoxy) is 1. The van der Waals surface area contributed by atoms with E-state index in [0.717, 1.165) is 19.4 Å². The van der Waals surface area contributed by atoms with Crippen molar-refractivity contribution < 1.29 is 18.7 Å². The summed E-state index contributed by atoms with van der Waals surface area (Å²) in [6, 6.07) is 3.73. The van der Waals surface area contributed by atoms with Crippen LogP contribution in [0.4, 0.5) is 20.6 Å². The number of carbonyl (C=O) groups excluding carboxylic acids is 2. The summed E-state index contributed by atoms with van der Waals surface area (Å²) < 4.78 is 17.9. The minimum atomic E-state index is -0.773. The average molecular weight is 318 g/mol. The van der Waals surface area contributed by atoms with E-state index >= 15 is 0 Å². The van der Waals surface area contributed by atoms with Gasteiger partial charge in [-0.3, -0.25) is 10.1 Å². The van der Waals surface area contributed by atoms with E-state index in [0.29, 0.717) is 5.69 Å². The highest BCUT2D eigenvalue weighted by Crippen LogP contribution is 2.20. The van der Waals surface area contributed by atoms with Crippen molar-refractivity contribution in [2.24, 2.45) is 0 Å². The fourth-order valence-electron chi connectivity index (χ4n) is 2.00. The van der Waals surface area contributed by atoms with Gasteiger partial charge in [-0.2, -0.15) is 0 Å². The smallest absolute Gasteiger partial charge is 0.411 e. The summed E-state index contributed by atoms with van der Waals surface area (Å²) in [5, 5.41) is 7.99. The third-order valence-corrected chi connectivity index (χ3v) is 3.03. The Labute approximate surface area is 127 Å². The molecule has 3 N–H and O–H groups in total. The van der Waals surface area contributed by atoms with Crippen LogP contribution in [0.3, 0.4) is 0 Å². The lowest BCUT2D eigenvalue weighted by atomic mass is 10.2. The molecule has 1 unspecified atom stereocenters. The standard InChI is InChI=1S/C13H16FN3O3.ClH/c1-20-13(19)17-11-7-8(4-5-9(11)14)16-12(18)10-3-2-6-15-10;/h4-5,7,10,15H,2-3,6H2,1H3,(H,16,18)(H,17,19);1H. The van der Waals surface area contributed by atoms with E-state index in [-0.39, 0.29) is 30.0 Å². The maximum absolute atomic E-state index is 13.5. The van der Waals surface area contributed by atoms with E-state index in [1.54, 1.807) is 0 Å². The molecule has 1 fully saturated rings. The molecule has 6 nitrogen and oxygen atoms in total. The highest BCUT2D eigenvalue weighted by Gasteiger charge is 2.22. The fourth-order valence-corrected chi connectivity index (χ4v) is 2.00. The van der Waals surface area contributed by atoms with Gasteiger partial charge >= 0.3 is 6.09 Å². The summed E-state index contributed by atoms with van der Waals surface area (Å²) in [5.74, 6) is -0.773. The van der Waals surface area contributed by atoms with E-state index in [1.807, 2.05) is 0 Å². The van der Waals surface area contributed by atoms with Gasteiger partial charge in [-0.1, -0.05) is 0 Å². The van der Waals surface area contributed by atoms with Crippen molar-refractivity contribution in [1.82, 2.24) is 5.32 Å². The van der Waals surface area contributed by atoms with Crippen LogP contribution in [0.2, 0.25) is 0 Å². The predicted molar refractivity (Wildman–Crippen MR) is 79.3 cm³/mol. The SMILES string of the molecule is COC(=O)Nc1cc(NC(=O)C2CCCN2)ccc1F.Cl. The Morgan fingerprint density at radius 2 is 2.14 bits per heavy atom. The number of methoxy groups -OCH3 is 1. The number of amides is 2. The summed E-state index contributed by atoms with van der Waals surface area (Å²) in [4.78, 5) is 23.0. The summed E-state index contributed by atoms with van der Waals surface area (Å²) in [6.07, 6.45) is 0.960. The number of halogens is 2. The fraction of sp³-hybridized carbons (Fsp3) is 0.385. The topological polar surface area (TPSA) is 79.5 Å². The van der Waals surface area contributed by atoms with Crippen molar-refractivity contribution >= 4 is 35.8 Å². The quantitative estimate of drug-likeness (QED) is 0.798. The van der Waals surface area contributed by atoms with Crippen LogP contribution in [0, 0.1) is 5.82 Å². The molecule has 21 heavy (non-hydrogen) atoms. The van der Waals surface area contributed by atoms with Gasteiger partial charge in [0.25, 0.3) is 0 Å². The Balaban J connectivity index is 0.00000220. The van der Waals surface area contributed by atoms with Gasteiger partial charge in [0.05, 0.1) is 18.8 Å². The molecule has 2 rings (SSSR count). The molecule has 0 saturated carbocycles. The van der Waals surface area contributed by atoms with Crippen molar-refractivity contribution in [3.63, 3.8) is 0 Å². The first-order valence-electron chi connectivity index (χ1n) is 6.29. The minimum absolute atomic E-state index is 0. The van der Waals surface area contributed by atoms with E-state index in [9.17, 15) is 14.0 Å². The van der Waals surface area contributed by atoms with Gasteiger partial charge in [-0.15, -0.1) is 12.4 Å². The number of rotatable bonds is 3. The lowest BCUT2D eigenvalue weighted by molar-refractivity contribution is -0.117. The van der Waals surface area contributed by atoms with Gasteiger partial charge in [0.2, 0.25) is 5.91 Å². The van der Waals surface area contributed by atoms with Gasteiger partial charge < -0.3 is 15.4 Å². The van der Waals surface area contributed by atoms with Crippen LogP contribution in [-0.4, -0.2) is 31.7 Å². The van der Waals surface area contributed by atoms with E-state index in [1.165, 1.54) is 25.3 Å². The van der Waals surface area contributed by atoms with Crippen LogP contribution in [0.1, 0.15) is 12.8 Å². The summed E-state index contributed by atoms with van der Waals surface area (Å²) in [6.45, 7) is 0.816. The van der Waals surface area contributed by atoms with Crippen LogP contribution >= 0.6 is 12.4 Å². The second-order valence-corrected chi connectivity index (χ2v) is 4.45. The van der Waals surface area contributed by atoms with Crippen molar-refractivity contribution in [3.05, 3.63) is 24.0 Å². The number of hydrogen-bond acceptors (Lipinski definition) is 4. The number of nitrogens with one attached hydrogen (secondary N) is 3. The molecular weight excluding hydrogens is 301 g/mol. The predicted octanol–water partition coefficient (Wildman–Crippen LogP) is 2.12. The van der Waals surface area contributed by atoms with Gasteiger partial charge in [0.1, 0.15) is 5.82 Å². The second-order valence-electron chi connectivity index (χ2n) is 4.45. The van der Waals surface area contributed by atoms with E-state index in [2.05, 4.69) is 20.7 Å². The third-order valence-electron chi connectivity index (χ3n) is 3.03. The molecule has 1 saturated heterocycles. The molecule has 2 amide bonds. The van der Waals surface area contributed by atoms with E-state index < -0.39 is 11.9 Å². The maximum Gasteiger partial charge on any atom is 0.411 e. The number of hydrogen-bond donors (Lipinski definition) is 3. The first-order chi connectivity index (χ1) is 9.60. The molecule has 0 bridgehead atoms. The maximum atomic E-state index is 13.5. The van der Waals surface area contributed by atoms with Crippen LogP contribution in [0.5, 0.6) is 0 Å². The van der Waals surface area contributed by atoms with Gasteiger partial charge in [0, 0.05) is 5.69 Å². The van der Waals surface area contributed by atoms with Crippen LogP contribution in [0.15, 0.2) is 18.2 Å². The molecule has 0 radical (unpaired) electrons. The molecule has 1 heterocycles. The van der Waals surface area contributed by atoms with Crippen LogP contribution in [0.25, 0.3) is 0 Å². The molecule has 1 atom stereocenters. The monoisotopic (exact) mass is 317 g/mol. The largest absolute Gasteiger partial charge is 0.453 e. The summed E-state index contributed by atoms with van der Waals surface area (Å²) in [5.41, 5.74) is 0.366. The Hall–Kier alpha value is -1.86. The van der Waals surface area contributed by atoms with Crippen molar-refractivity contribution in [3.8, 4) is 0 Å². The molecule has 0 aromatic heterocycles. The molecule has 8 heteroatoms. The Morgan fingerprint density at radius 1 is 1.38 bits per heavy atom. The van der Waals surface area contributed by atoms with Gasteiger partial charge in [-0.25, -0.2) is 9.18 Å². The number of anilines is 2. The molecule has 1 aliphatic heterocycles. The van der Waals surface area contributed by atoms with Crippen molar-refractivity contribution in [2.45, 2.75) is 18.9 Å². The molecular formula is C13H17ClFN3O3.